The lowest BCUT2D eigenvalue weighted by molar-refractivity contribution is -0.255. The standard InChI is InChI=1S/C21H24ClNO11/c1-10(24)29-9-16-17(30-11(2)25)18(31-12(3)26)19(32-13(4)27)20(34-16)23-21(28)33-15-7-5-14(22)6-8-15/h5-8,16-20H,9H2,1-4H3,(H,23,28)/t16?,17-,18?,19?,20-/m0/s1. The van der Waals surface area contributed by atoms with E-state index in [0.29, 0.717) is 5.02 Å². The predicted octanol–water partition coefficient (Wildman–Crippen LogP) is 1.51. The van der Waals surface area contributed by atoms with Crippen LogP contribution < -0.4 is 10.1 Å². The van der Waals surface area contributed by atoms with Gasteiger partial charge in [-0.2, -0.15) is 0 Å². The monoisotopic (exact) mass is 501 g/mol. The summed E-state index contributed by atoms with van der Waals surface area (Å²) in [5.41, 5.74) is 0. The molecule has 0 saturated carbocycles. The molecule has 0 aliphatic carbocycles. The zero-order valence-electron chi connectivity index (χ0n) is 18.8. The molecule has 2 rings (SSSR count). The Balaban J connectivity index is 2.35. The smallest absolute Gasteiger partial charge is 0.414 e. The molecule has 1 N–H and O–H groups in total. The van der Waals surface area contributed by atoms with E-state index in [1.165, 1.54) is 24.3 Å². The van der Waals surface area contributed by atoms with Crippen LogP contribution in [0.4, 0.5) is 4.79 Å². The van der Waals surface area contributed by atoms with Gasteiger partial charge in [0.1, 0.15) is 18.5 Å². The Bertz CT molecular complexity index is 920. The molecule has 13 heteroatoms. The summed E-state index contributed by atoms with van der Waals surface area (Å²) in [6.45, 7) is 3.99. The fraction of sp³-hybridized carbons (Fsp3) is 0.476. The van der Waals surface area contributed by atoms with Gasteiger partial charge in [-0.3, -0.25) is 24.5 Å². The van der Waals surface area contributed by atoms with Gasteiger partial charge in [-0.15, -0.1) is 0 Å². The van der Waals surface area contributed by atoms with Crippen molar-refractivity contribution in [1.29, 1.82) is 0 Å². The quantitative estimate of drug-likeness (QED) is 0.427. The number of hydrogen-bond acceptors (Lipinski definition) is 11. The molecule has 0 bridgehead atoms. The minimum absolute atomic E-state index is 0.146. The molecule has 1 fully saturated rings. The van der Waals surface area contributed by atoms with Crippen LogP contribution in [0.1, 0.15) is 27.7 Å². The van der Waals surface area contributed by atoms with Crippen molar-refractivity contribution in [3.05, 3.63) is 29.3 Å². The molecule has 1 heterocycles. The first-order chi connectivity index (χ1) is 16.0. The maximum atomic E-state index is 12.5. The molecule has 1 saturated heterocycles. The number of rotatable bonds is 7. The van der Waals surface area contributed by atoms with Gasteiger partial charge < -0.3 is 28.4 Å². The van der Waals surface area contributed by atoms with Crippen molar-refractivity contribution >= 4 is 41.6 Å². The van der Waals surface area contributed by atoms with Gasteiger partial charge in [0, 0.05) is 32.7 Å². The summed E-state index contributed by atoms with van der Waals surface area (Å²) in [4.78, 5) is 59.1. The molecule has 1 aromatic carbocycles. The molecule has 1 aromatic rings. The van der Waals surface area contributed by atoms with Gasteiger partial charge in [0.2, 0.25) is 0 Å². The van der Waals surface area contributed by atoms with E-state index < -0.39 is 67.2 Å². The van der Waals surface area contributed by atoms with E-state index in [1.807, 2.05) is 0 Å². The maximum Gasteiger partial charge on any atom is 0.414 e. The summed E-state index contributed by atoms with van der Waals surface area (Å²) in [6.07, 6.45) is -7.86. The van der Waals surface area contributed by atoms with E-state index in [9.17, 15) is 24.0 Å². The van der Waals surface area contributed by atoms with Crippen molar-refractivity contribution in [2.45, 2.75) is 58.3 Å². The summed E-state index contributed by atoms with van der Waals surface area (Å²) >= 11 is 5.81. The predicted molar refractivity (Wildman–Crippen MR) is 113 cm³/mol. The number of hydrogen-bond donors (Lipinski definition) is 1. The number of carbonyl (C=O) groups excluding carboxylic acids is 5. The number of halogens is 1. The molecule has 0 radical (unpaired) electrons. The third kappa shape index (κ3) is 8.19. The van der Waals surface area contributed by atoms with Crippen molar-refractivity contribution in [3.8, 4) is 5.75 Å². The van der Waals surface area contributed by atoms with E-state index >= 15 is 0 Å². The van der Waals surface area contributed by atoms with Crippen LogP contribution in [-0.4, -0.2) is 67.2 Å². The number of amides is 1. The molecular formula is C21H24ClNO11. The lowest BCUT2D eigenvalue weighted by atomic mass is 9.97. The summed E-state index contributed by atoms with van der Waals surface area (Å²) in [7, 11) is 0. The van der Waals surface area contributed by atoms with Gasteiger partial charge in [0.25, 0.3) is 0 Å². The summed E-state index contributed by atoms with van der Waals surface area (Å²) < 4.78 is 31.6. The van der Waals surface area contributed by atoms with Crippen LogP contribution >= 0.6 is 11.6 Å². The van der Waals surface area contributed by atoms with Gasteiger partial charge in [-0.05, 0) is 24.3 Å². The zero-order chi connectivity index (χ0) is 25.4. The summed E-state index contributed by atoms with van der Waals surface area (Å²) in [5.74, 6) is -2.89. The van der Waals surface area contributed by atoms with Crippen molar-refractivity contribution in [2.24, 2.45) is 0 Å². The fourth-order valence-electron chi connectivity index (χ4n) is 3.10. The molecule has 186 valence electrons. The summed E-state index contributed by atoms with van der Waals surface area (Å²) in [6, 6.07) is 5.88. The minimum atomic E-state index is -1.45. The van der Waals surface area contributed by atoms with E-state index in [2.05, 4.69) is 5.32 Å². The van der Waals surface area contributed by atoms with Crippen molar-refractivity contribution < 1.29 is 52.4 Å². The SMILES string of the molecule is CC(=O)OCC1O[C@H](NC(=O)Oc2ccc(Cl)cc2)C(OC(C)=O)C(OC(C)=O)[C@H]1OC(C)=O. The highest BCUT2D eigenvalue weighted by Crippen LogP contribution is 2.28. The zero-order valence-corrected chi connectivity index (χ0v) is 19.5. The first-order valence-corrected chi connectivity index (χ1v) is 10.4. The number of carbonyl (C=O) groups is 5. The largest absolute Gasteiger partial charge is 0.463 e. The van der Waals surface area contributed by atoms with E-state index in [0.717, 1.165) is 27.7 Å². The van der Waals surface area contributed by atoms with E-state index in [1.54, 1.807) is 0 Å². The summed E-state index contributed by atoms with van der Waals surface area (Å²) in [5, 5.41) is 2.79. The van der Waals surface area contributed by atoms with Gasteiger partial charge in [0.15, 0.2) is 24.5 Å². The second kappa shape index (κ2) is 12.2. The number of nitrogens with one attached hydrogen (secondary N) is 1. The number of ether oxygens (including phenoxy) is 6. The molecule has 1 aliphatic rings. The number of esters is 4. The van der Waals surface area contributed by atoms with Gasteiger partial charge >= 0.3 is 30.0 Å². The Morgan fingerprint density at radius 1 is 0.824 bits per heavy atom. The van der Waals surface area contributed by atoms with E-state index in [4.69, 9.17) is 40.0 Å². The van der Waals surface area contributed by atoms with Crippen LogP contribution in [0.15, 0.2) is 24.3 Å². The molecule has 3 unspecified atom stereocenters. The molecule has 1 amide bonds. The lowest BCUT2D eigenvalue weighted by Gasteiger charge is -2.44. The minimum Gasteiger partial charge on any atom is -0.463 e. The van der Waals surface area contributed by atoms with Crippen LogP contribution in [0.2, 0.25) is 5.02 Å². The molecule has 0 aromatic heterocycles. The van der Waals surface area contributed by atoms with Crippen LogP contribution in [0, 0.1) is 0 Å². The van der Waals surface area contributed by atoms with Gasteiger partial charge in [-0.1, -0.05) is 11.6 Å². The maximum absolute atomic E-state index is 12.5. The third-order valence-electron chi connectivity index (χ3n) is 4.28. The molecule has 0 spiro atoms. The Morgan fingerprint density at radius 2 is 1.35 bits per heavy atom. The second-order valence-corrected chi connectivity index (χ2v) is 7.54. The Labute approximate surface area is 199 Å². The lowest BCUT2D eigenvalue weighted by Crippen LogP contribution is -2.66. The average molecular weight is 502 g/mol. The Kier molecular flexibility index (Phi) is 9.63. The molecular weight excluding hydrogens is 478 g/mol. The average Bonchev–Trinajstić information content (AvgIpc) is 2.71. The van der Waals surface area contributed by atoms with Crippen LogP contribution in [0.5, 0.6) is 5.75 Å². The molecule has 34 heavy (non-hydrogen) atoms. The second-order valence-electron chi connectivity index (χ2n) is 7.11. The fourth-order valence-corrected chi connectivity index (χ4v) is 3.23. The highest BCUT2D eigenvalue weighted by molar-refractivity contribution is 6.30. The van der Waals surface area contributed by atoms with Crippen molar-refractivity contribution in [3.63, 3.8) is 0 Å². The van der Waals surface area contributed by atoms with Crippen molar-refractivity contribution in [2.75, 3.05) is 6.61 Å². The van der Waals surface area contributed by atoms with Crippen LogP contribution in [-0.2, 0) is 42.9 Å². The van der Waals surface area contributed by atoms with Gasteiger partial charge in [-0.25, -0.2) is 4.79 Å². The van der Waals surface area contributed by atoms with Crippen molar-refractivity contribution in [1.82, 2.24) is 5.32 Å². The third-order valence-corrected chi connectivity index (χ3v) is 4.53. The normalized spacial score (nSPS) is 23.7. The van der Waals surface area contributed by atoms with E-state index in [-0.39, 0.29) is 5.75 Å². The Hall–Kier alpha value is -3.38. The molecule has 5 atom stereocenters. The van der Waals surface area contributed by atoms with Gasteiger partial charge in [0.05, 0.1) is 0 Å². The molecule has 1 aliphatic heterocycles. The Morgan fingerprint density at radius 3 is 1.88 bits per heavy atom. The number of benzene rings is 1. The highest BCUT2D eigenvalue weighted by atomic mass is 35.5. The molecule has 12 nitrogen and oxygen atoms in total. The van der Waals surface area contributed by atoms with Crippen LogP contribution in [0.25, 0.3) is 0 Å². The first kappa shape index (κ1) is 26.9. The first-order valence-electron chi connectivity index (χ1n) is 10.0. The topological polar surface area (TPSA) is 153 Å². The van der Waals surface area contributed by atoms with Crippen LogP contribution in [0.3, 0.4) is 0 Å². The highest BCUT2D eigenvalue weighted by Gasteiger charge is 2.52.